The molecule has 0 saturated heterocycles. The lowest BCUT2D eigenvalue weighted by atomic mass is 10.1. The average molecular weight is 748 g/mol. The summed E-state index contributed by atoms with van der Waals surface area (Å²) >= 11 is 8.47. The number of nitrogens with one attached hydrogen (secondary N) is 3. The fourth-order valence-corrected chi connectivity index (χ4v) is 6.46. The molecule has 0 bridgehead atoms. The highest BCUT2D eigenvalue weighted by Crippen LogP contribution is 2.32. The highest BCUT2D eigenvalue weighted by molar-refractivity contribution is 9.11. The second kappa shape index (κ2) is 14.6. The number of aromatic nitrogens is 1. The standard InChI is InChI=1S/C34H29Br2N5O3S/c1-20-4-11-27(12-5-20)38-34-40-30(19-45-34)23-7-9-24(10-8-23)33(43)41-37-17-25-15-26(35)16-28(36)32(25)44-18-31(42)39-29-13-6-21(2)14-22(29)3/h4-17,19H,18H2,1-3H3,(H,38,40)(H,39,42)(H,41,43)/b37-17+. The van der Waals surface area contributed by atoms with Gasteiger partial charge in [-0.25, -0.2) is 10.4 Å². The smallest absolute Gasteiger partial charge is 0.271 e. The number of rotatable bonds is 10. The maximum Gasteiger partial charge on any atom is 0.271 e. The molecule has 228 valence electrons. The van der Waals surface area contributed by atoms with Gasteiger partial charge in [0, 0.05) is 37.9 Å². The third-order valence-electron chi connectivity index (χ3n) is 6.66. The van der Waals surface area contributed by atoms with Crippen molar-refractivity contribution >= 4 is 77.7 Å². The molecule has 4 aromatic carbocycles. The molecule has 0 aliphatic heterocycles. The van der Waals surface area contributed by atoms with E-state index < -0.39 is 0 Å². The molecule has 1 aromatic heterocycles. The van der Waals surface area contributed by atoms with Gasteiger partial charge >= 0.3 is 0 Å². The van der Waals surface area contributed by atoms with Gasteiger partial charge < -0.3 is 15.4 Å². The lowest BCUT2D eigenvalue weighted by Crippen LogP contribution is -2.21. The van der Waals surface area contributed by atoms with Crippen LogP contribution in [0.4, 0.5) is 16.5 Å². The van der Waals surface area contributed by atoms with Crippen LogP contribution in [0.2, 0.25) is 0 Å². The van der Waals surface area contributed by atoms with Crippen LogP contribution in [0.5, 0.6) is 5.75 Å². The van der Waals surface area contributed by atoms with Crippen LogP contribution in [0.25, 0.3) is 11.3 Å². The van der Waals surface area contributed by atoms with Crippen molar-refractivity contribution in [3.8, 4) is 17.0 Å². The molecule has 0 unspecified atom stereocenters. The Balaban J connectivity index is 1.19. The summed E-state index contributed by atoms with van der Waals surface area (Å²) in [4.78, 5) is 30.1. The monoisotopic (exact) mass is 745 g/mol. The number of thiazole rings is 1. The van der Waals surface area contributed by atoms with Crippen LogP contribution in [-0.2, 0) is 4.79 Å². The first-order valence-electron chi connectivity index (χ1n) is 13.9. The largest absolute Gasteiger partial charge is 0.482 e. The maximum absolute atomic E-state index is 12.8. The van der Waals surface area contributed by atoms with E-state index in [2.05, 4.69) is 58.0 Å². The van der Waals surface area contributed by atoms with E-state index in [0.29, 0.717) is 21.3 Å². The number of benzene rings is 4. The number of amides is 2. The van der Waals surface area contributed by atoms with Gasteiger partial charge in [0.25, 0.3) is 11.8 Å². The predicted molar refractivity (Wildman–Crippen MR) is 189 cm³/mol. The number of halogens is 2. The molecule has 8 nitrogen and oxygen atoms in total. The quantitative estimate of drug-likeness (QED) is 0.0980. The van der Waals surface area contributed by atoms with Crippen molar-refractivity contribution in [1.29, 1.82) is 0 Å². The number of nitrogens with zero attached hydrogens (tertiary/aromatic N) is 2. The summed E-state index contributed by atoms with van der Waals surface area (Å²) in [5, 5.41) is 13.1. The van der Waals surface area contributed by atoms with Crippen LogP contribution in [0.3, 0.4) is 0 Å². The molecule has 0 radical (unpaired) electrons. The maximum atomic E-state index is 12.8. The fraction of sp³-hybridized carbons (Fsp3) is 0.118. The number of ether oxygens (including phenoxy) is 1. The second-order valence-corrected chi connectivity index (χ2v) is 12.9. The molecular weight excluding hydrogens is 718 g/mol. The topological polar surface area (TPSA) is 105 Å². The van der Waals surface area contributed by atoms with Crippen LogP contribution in [-0.4, -0.2) is 29.6 Å². The molecule has 0 atom stereocenters. The fourth-order valence-electron chi connectivity index (χ4n) is 4.35. The van der Waals surface area contributed by atoms with Crippen molar-refractivity contribution in [3.05, 3.63) is 121 Å². The normalized spacial score (nSPS) is 11.0. The Kier molecular flexibility index (Phi) is 10.4. The molecule has 5 aromatic rings. The number of hydrogen-bond donors (Lipinski definition) is 3. The molecule has 0 saturated carbocycles. The Morgan fingerprint density at radius 2 is 1.67 bits per heavy atom. The molecular formula is C34H29Br2N5O3S. The summed E-state index contributed by atoms with van der Waals surface area (Å²) in [7, 11) is 0. The number of anilines is 3. The van der Waals surface area contributed by atoms with Gasteiger partial charge in [-0.3, -0.25) is 9.59 Å². The van der Waals surface area contributed by atoms with E-state index in [1.54, 1.807) is 24.3 Å². The number of aryl methyl sites for hydroxylation is 3. The molecule has 45 heavy (non-hydrogen) atoms. The molecule has 2 amide bonds. The lowest BCUT2D eigenvalue weighted by molar-refractivity contribution is -0.118. The third kappa shape index (κ3) is 8.65. The molecule has 3 N–H and O–H groups in total. The summed E-state index contributed by atoms with van der Waals surface area (Å²) in [6.07, 6.45) is 1.47. The molecule has 0 fully saturated rings. The Bertz CT molecular complexity index is 1870. The molecule has 0 aliphatic rings. The van der Waals surface area contributed by atoms with Gasteiger partial charge in [0.2, 0.25) is 0 Å². The zero-order valence-corrected chi connectivity index (χ0v) is 28.6. The Morgan fingerprint density at radius 1 is 0.933 bits per heavy atom. The molecule has 0 spiro atoms. The van der Waals surface area contributed by atoms with Gasteiger partial charge in [-0.1, -0.05) is 63.5 Å². The lowest BCUT2D eigenvalue weighted by Gasteiger charge is -2.13. The number of hydrazone groups is 1. The minimum absolute atomic E-state index is 0.213. The average Bonchev–Trinajstić information content (AvgIpc) is 3.47. The molecule has 11 heteroatoms. The van der Waals surface area contributed by atoms with E-state index in [0.717, 1.165) is 43.4 Å². The van der Waals surface area contributed by atoms with Crippen LogP contribution < -0.4 is 20.8 Å². The summed E-state index contributed by atoms with van der Waals surface area (Å²) in [6, 6.07) is 24.7. The van der Waals surface area contributed by atoms with Crippen molar-refractivity contribution in [2.75, 3.05) is 17.2 Å². The van der Waals surface area contributed by atoms with Crippen molar-refractivity contribution < 1.29 is 14.3 Å². The molecule has 0 aliphatic carbocycles. The molecule has 5 rings (SSSR count). The molecule has 1 heterocycles. The van der Waals surface area contributed by atoms with E-state index >= 15 is 0 Å². The Labute approximate surface area is 282 Å². The first-order chi connectivity index (χ1) is 21.6. The van der Waals surface area contributed by atoms with E-state index in [9.17, 15) is 9.59 Å². The van der Waals surface area contributed by atoms with Crippen LogP contribution >= 0.6 is 43.2 Å². The number of carbonyl (C=O) groups is 2. The minimum Gasteiger partial charge on any atom is -0.482 e. The zero-order chi connectivity index (χ0) is 31.9. The van der Waals surface area contributed by atoms with Gasteiger partial charge in [-0.2, -0.15) is 5.10 Å². The SMILES string of the molecule is Cc1ccc(Nc2nc(-c3ccc(C(=O)N/N=C/c4cc(Br)cc(Br)c4OCC(=O)Nc4ccc(C)cc4C)cc3)cs2)cc1. The van der Waals surface area contributed by atoms with E-state index in [1.165, 1.54) is 23.1 Å². The van der Waals surface area contributed by atoms with Crippen molar-refractivity contribution in [2.24, 2.45) is 5.10 Å². The second-order valence-electron chi connectivity index (χ2n) is 10.3. The highest BCUT2D eigenvalue weighted by atomic mass is 79.9. The first-order valence-corrected chi connectivity index (χ1v) is 16.3. The third-order valence-corrected chi connectivity index (χ3v) is 8.46. The minimum atomic E-state index is -0.373. The van der Waals surface area contributed by atoms with E-state index in [4.69, 9.17) is 4.74 Å². The van der Waals surface area contributed by atoms with Gasteiger partial charge in [-0.05, 0) is 84.7 Å². The van der Waals surface area contributed by atoms with Crippen molar-refractivity contribution in [2.45, 2.75) is 20.8 Å². The van der Waals surface area contributed by atoms with E-state index in [1.807, 2.05) is 80.7 Å². The van der Waals surface area contributed by atoms with Crippen LogP contribution in [0.1, 0.15) is 32.6 Å². The van der Waals surface area contributed by atoms with Crippen LogP contribution in [0, 0.1) is 20.8 Å². The van der Waals surface area contributed by atoms with Gasteiger partial charge in [0.15, 0.2) is 11.7 Å². The highest BCUT2D eigenvalue weighted by Gasteiger charge is 2.13. The van der Waals surface area contributed by atoms with Crippen LogP contribution in [0.15, 0.2) is 98.3 Å². The van der Waals surface area contributed by atoms with Gasteiger partial charge in [-0.15, -0.1) is 11.3 Å². The number of carbonyl (C=O) groups excluding carboxylic acids is 2. The van der Waals surface area contributed by atoms with Gasteiger partial charge in [0.05, 0.1) is 16.4 Å². The number of hydrogen-bond acceptors (Lipinski definition) is 7. The van der Waals surface area contributed by atoms with Crippen molar-refractivity contribution in [1.82, 2.24) is 10.4 Å². The zero-order valence-electron chi connectivity index (χ0n) is 24.7. The summed E-state index contributed by atoms with van der Waals surface area (Å²) in [5.41, 5.74) is 10.3. The van der Waals surface area contributed by atoms with Crippen molar-refractivity contribution in [3.63, 3.8) is 0 Å². The summed E-state index contributed by atoms with van der Waals surface area (Å²) in [5.74, 6) is -0.258. The summed E-state index contributed by atoms with van der Waals surface area (Å²) < 4.78 is 7.26. The van der Waals surface area contributed by atoms with E-state index in [-0.39, 0.29) is 18.4 Å². The Hall–Kier alpha value is -4.32. The van der Waals surface area contributed by atoms with Gasteiger partial charge in [0.1, 0.15) is 5.75 Å². The Morgan fingerprint density at radius 3 is 2.40 bits per heavy atom. The predicted octanol–water partition coefficient (Wildman–Crippen LogP) is 8.79. The summed E-state index contributed by atoms with van der Waals surface area (Å²) in [6.45, 7) is 5.77. The first kappa shape index (κ1) is 32.1.